The number of amides is 2. The highest BCUT2D eigenvalue weighted by atomic mass is 127. The van der Waals surface area contributed by atoms with Crippen LogP contribution in [-0.4, -0.2) is 25.7 Å². The number of methoxy groups -OCH3 is 1. The molecule has 1 aliphatic rings. The number of halogens is 1. The zero-order valence-electron chi connectivity index (χ0n) is 12.5. The maximum atomic E-state index is 12.3. The van der Waals surface area contributed by atoms with Crippen LogP contribution in [-0.2, 0) is 9.53 Å². The van der Waals surface area contributed by atoms with E-state index in [1.807, 2.05) is 18.2 Å². The maximum absolute atomic E-state index is 12.3. The van der Waals surface area contributed by atoms with Crippen LogP contribution in [0.25, 0.3) is 0 Å². The quantitative estimate of drug-likeness (QED) is 0.584. The molecule has 6 nitrogen and oxygen atoms in total. The highest BCUT2D eigenvalue weighted by molar-refractivity contribution is 14.1. The van der Waals surface area contributed by atoms with Gasteiger partial charge in [0.2, 0.25) is 0 Å². The Kier molecular flexibility index (Phi) is 5.28. The zero-order chi connectivity index (χ0) is 16.3. The minimum absolute atomic E-state index is 0.264. The first-order valence-electron chi connectivity index (χ1n) is 6.76. The van der Waals surface area contributed by atoms with E-state index in [1.54, 1.807) is 21.0 Å². The smallest absolute Gasteiger partial charge is 0.338 e. The molecule has 1 aromatic carbocycles. The molecule has 2 rings (SSSR count). The van der Waals surface area contributed by atoms with Crippen molar-refractivity contribution in [2.24, 2.45) is 0 Å². The summed E-state index contributed by atoms with van der Waals surface area (Å²) >= 11 is 2.17. The summed E-state index contributed by atoms with van der Waals surface area (Å²) in [5.74, 6) is 0.139. The molecular formula is C15H17IN2O4. The zero-order valence-corrected chi connectivity index (χ0v) is 14.7. The molecule has 0 unspecified atom stereocenters. The molecule has 0 saturated heterocycles. The Hall–Kier alpha value is -1.77. The predicted molar refractivity (Wildman–Crippen MR) is 89.5 cm³/mol. The lowest BCUT2D eigenvalue weighted by Crippen LogP contribution is -2.45. The molecule has 2 amide bonds. The number of ether oxygens (including phenoxy) is 2. The van der Waals surface area contributed by atoms with Gasteiger partial charge in [-0.05, 0) is 54.6 Å². The lowest BCUT2D eigenvalue weighted by Gasteiger charge is -2.29. The number of benzene rings is 1. The van der Waals surface area contributed by atoms with E-state index < -0.39 is 12.0 Å². The lowest BCUT2D eigenvalue weighted by atomic mass is 9.95. The third-order valence-corrected chi connectivity index (χ3v) is 3.94. The molecule has 0 fully saturated rings. The number of carbonyl (C=O) groups is 2. The minimum atomic E-state index is -0.613. The van der Waals surface area contributed by atoms with Gasteiger partial charge in [0.25, 0.3) is 0 Å². The van der Waals surface area contributed by atoms with Gasteiger partial charge in [-0.1, -0.05) is 0 Å². The van der Waals surface area contributed by atoms with Crippen molar-refractivity contribution in [1.29, 1.82) is 0 Å². The topological polar surface area (TPSA) is 76.7 Å². The summed E-state index contributed by atoms with van der Waals surface area (Å²) in [6.45, 7) is 3.68. The first-order valence-corrected chi connectivity index (χ1v) is 7.84. The highest BCUT2D eigenvalue weighted by Gasteiger charge is 2.33. The molecular weight excluding hydrogens is 399 g/mol. The average Bonchev–Trinajstić information content (AvgIpc) is 2.46. The van der Waals surface area contributed by atoms with Crippen LogP contribution < -0.4 is 15.4 Å². The van der Waals surface area contributed by atoms with Crippen LogP contribution in [0.3, 0.4) is 0 Å². The van der Waals surface area contributed by atoms with Gasteiger partial charge < -0.3 is 20.1 Å². The fourth-order valence-electron chi connectivity index (χ4n) is 2.34. The maximum Gasteiger partial charge on any atom is 0.338 e. The standard InChI is InChI=1S/C15H17IN2O4/c1-4-22-14(19)12-8(2)17-15(20)18-13(12)10-7-9(16)5-6-11(10)21-3/h5-7,13H,4H2,1-3H3,(H2,17,18,20)/t13-/m0/s1. The second-order valence-electron chi connectivity index (χ2n) is 4.68. The number of allylic oxidation sites excluding steroid dienone is 1. The Morgan fingerprint density at radius 2 is 2.14 bits per heavy atom. The molecule has 118 valence electrons. The summed E-state index contributed by atoms with van der Waals surface area (Å²) in [7, 11) is 1.55. The molecule has 0 bridgehead atoms. The fourth-order valence-corrected chi connectivity index (χ4v) is 2.85. The monoisotopic (exact) mass is 416 g/mol. The van der Waals surface area contributed by atoms with E-state index in [2.05, 4.69) is 33.2 Å². The summed E-state index contributed by atoms with van der Waals surface area (Å²) < 4.78 is 11.4. The Labute approximate surface area is 142 Å². The second kappa shape index (κ2) is 6.99. The molecule has 2 N–H and O–H groups in total. The van der Waals surface area contributed by atoms with E-state index in [0.29, 0.717) is 22.6 Å². The first kappa shape index (κ1) is 16.6. The van der Waals surface area contributed by atoms with Crippen molar-refractivity contribution in [3.8, 4) is 5.75 Å². The largest absolute Gasteiger partial charge is 0.496 e. The Bertz CT molecular complexity index is 642. The number of nitrogens with one attached hydrogen (secondary N) is 2. The Morgan fingerprint density at radius 3 is 2.77 bits per heavy atom. The molecule has 1 aliphatic heterocycles. The van der Waals surface area contributed by atoms with Crippen LogP contribution in [0.4, 0.5) is 4.79 Å². The number of urea groups is 1. The van der Waals surface area contributed by atoms with Crippen molar-refractivity contribution in [2.75, 3.05) is 13.7 Å². The van der Waals surface area contributed by atoms with Gasteiger partial charge in [0, 0.05) is 14.8 Å². The molecule has 1 aromatic rings. The second-order valence-corrected chi connectivity index (χ2v) is 5.92. The van der Waals surface area contributed by atoms with Crippen LogP contribution in [0.15, 0.2) is 29.5 Å². The van der Waals surface area contributed by atoms with Gasteiger partial charge in [-0.15, -0.1) is 0 Å². The van der Waals surface area contributed by atoms with Gasteiger partial charge in [-0.3, -0.25) is 0 Å². The van der Waals surface area contributed by atoms with Crippen molar-refractivity contribution < 1.29 is 19.1 Å². The molecule has 0 aliphatic carbocycles. The average molecular weight is 416 g/mol. The van der Waals surface area contributed by atoms with Crippen LogP contribution >= 0.6 is 22.6 Å². The first-order chi connectivity index (χ1) is 10.5. The molecule has 22 heavy (non-hydrogen) atoms. The molecule has 0 saturated carbocycles. The normalized spacial score (nSPS) is 17.6. The van der Waals surface area contributed by atoms with Crippen LogP contribution in [0, 0.1) is 3.57 Å². The molecule has 0 spiro atoms. The lowest BCUT2D eigenvalue weighted by molar-refractivity contribution is -0.139. The van der Waals surface area contributed by atoms with Crippen LogP contribution in [0.2, 0.25) is 0 Å². The number of hydrogen-bond donors (Lipinski definition) is 2. The molecule has 0 radical (unpaired) electrons. The van der Waals surface area contributed by atoms with Crippen LogP contribution in [0.1, 0.15) is 25.5 Å². The van der Waals surface area contributed by atoms with Crippen molar-refractivity contribution >= 4 is 34.6 Å². The molecule has 0 aromatic heterocycles. The van der Waals surface area contributed by atoms with E-state index in [1.165, 1.54) is 0 Å². The van der Waals surface area contributed by atoms with Crippen molar-refractivity contribution in [2.45, 2.75) is 19.9 Å². The number of rotatable bonds is 4. The van der Waals surface area contributed by atoms with Gasteiger partial charge in [-0.2, -0.15) is 0 Å². The van der Waals surface area contributed by atoms with Crippen LogP contribution in [0.5, 0.6) is 5.75 Å². The van der Waals surface area contributed by atoms with E-state index in [9.17, 15) is 9.59 Å². The molecule has 1 heterocycles. The van der Waals surface area contributed by atoms with Gasteiger partial charge >= 0.3 is 12.0 Å². The van der Waals surface area contributed by atoms with E-state index in [4.69, 9.17) is 9.47 Å². The third-order valence-electron chi connectivity index (χ3n) is 3.27. The summed E-state index contributed by atoms with van der Waals surface area (Å²) in [6.07, 6.45) is 0. The fraction of sp³-hybridized carbons (Fsp3) is 0.333. The molecule has 1 atom stereocenters. The highest BCUT2D eigenvalue weighted by Crippen LogP contribution is 2.34. The third kappa shape index (κ3) is 3.34. The van der Waals surface area contributed by atoms with Gasteiger partial charge in [0.1, 0.15) is 5.75 Å². The minimum Gasteiger partial charge on any atom is -0.496 e. The number of hydrogen-bond acceptors (Lipinski definition) is 4. The number of carbonyl (C=O) groups excluding carboxylic acids is 2. The van der Waals surface area contributed by atoms with Gasteiger partial charge in [-0.25, -0.2) is 9.59 Å². The van der Waals surface area contributed by atoms with Crippen molar-refractivity contribution in [3.63, 3.8) is 0 Å². The van der Waals surface area contributed by atoms with Gasteiger partial charge in [0.15, 0.2) is 0 Å². The number of esters is 1. The molecule has 7 heteroatoms. The van der Waals surface area contributed by atoms with Crippen molar-refractivity contribution in [3.05, 3.63) is 38.6 Å². The van der Waals surface area contributed by atoms with E-state index in [0.717, 1.165) is 3.57 Å². The summed E-state index contributed by atoms with van der Waals surface area (Å²) in [4.78, 5) is 24.1. The van der Waals surface area contributed by atoms with E-state index >= 15 is 0 Å². The summed E-state index contributed by atoms with van der Waals surface area (Å²) in [6, 6.07) is 4.60. The summed E-state index contributed by atoms with van der Waals surface area (Å²) in [5.41, 5.74) is 1.57. The SMILES string of the molecule is CCOC(=O)C1=C(C)NC(=O)N[C@H]1c1cc(I)ccc1OC. The van der Waals surface area contributed by atoms with Crippen molar-refractivity contribution in [1.82, 2.24) is 10.6 Å². The Morgan fingerprint density at radius 1 is 1.41 bits per heavy atom. The Balaban J connectivity index is 2.55. The van der Waals surface area contributed by atoms with Gasteiger partial charge in [0.05, 0.1) is 25.3 Å². The predicted octanol–water partition coefficient (Wildman–Crippen LogP) is 2.49. The van der Waals surface area contributed by atoms with E-state index in [-0.39, 0.29) is 12.6 Å². The summed E-state index contributed by atoms with van der Waals surface area (Å²) in [5, 5.41) is 5.37.